The minimum atomic E-state index is -4.43. The number of alkyl halides is 4. The predicted octanol–water partition coefficient (Wildman–Crippen LogP) is 4.82. The standard InChI is InChI=1S/C22H20F4N6/c23-16-2-1-3-17(27)20(16)32-21-30-8-11-7-28-9-15(19(11)31-21)14-10-29-18-6-12(22(24,25)26)4-5-13(14)18/h4-10,16-17,20,29H,1-3,27H2,(H,30,31,32)/t16?,17-,20+/m1/s1. The lowest BCUT2D eigenvalue weighted by atomic mass is 9.89. The molecule has 0 amide bonds. The van der Waals surface area contributed by atoms with Gasteiger partial charge in [0.15, 0.2) is 0 Å². The molecule has 6 nitrogen and oxygen atoms in total. The summed E-state index contributed by atoms with van der Waals surface area (Å²) < 4.78 is 53.6. The number of H-pyrrole nitrogens is 1. The summed E-state index contributed by atoms with van der Waals surface area (Å²) in [7, 11) is 0. The van der Waals surface area contributed by atoms with Crippen molar-refractivity contribution in [3.05, 3.63) is 48.5 Å². The van der Waals surface area contributed by atoms with E-state index in [4.69, 9.17) is 5.73 Å². The van der Waals surface area contributed by atoms with Gasteiger partial charge in [0.2, 0.25) is 5.95 Å². The van der Waals surface area contributed by atoms with E-state index < -0.39 is 24.0 Å². The fraction of sp³-hybridized carbons (Fsp3) is 0.318. The Bertz CT molecular complexity index is 1270. The molecule has 32 heavy (non-hydrogen) atoms. The maximum atomic E-state index is 14.4. The molecule has 1 aromatic carbocycles. The number of benzene rings is 1. The highest BCUT2D eigenvalue weighted by Crippen LogP contribution is 2.36. The summed E-state index contributed by atoms with van der Waals surface area (Å²) >= 11 is 0. The van der Waals surface area contributed by atoms with Crippen LogP contribution in [0.1, 0.15) is 24.8 Å². The molecule has 1 fully saturated rings. The molecular formula is C22H20F4N6. The van der Waals surface area contributed by atoms with Gasteiger partial charge in [0.25, 0.3) is 0 Å². The van der Waals surface area contributed by atoms with Crippen LogP contribution in [0.3, 0.4) is 0 Å². The second-order valence-electron chi connectivity index (χ2n) is 8.06. The van der Waals surface area contributed by atoms with Crippen LogP contribution in [0.4, 0.5) is 23.5 Å². The Labute approximate surface area is 180 Å². The molecule has 5 rings (SSSR count). The van der Waals surface area contributed by atoms with Gasteiger partial charge in [-0.3, -0.25) is 4.98 Å². The van der Waals surface area contributed by atoms with E-state index in [2.05, 4.69) is 25.3 Å². The first-order chi connectivity index (χ1) is 15.3. The molecule has 0 saturated heterocycles. The summed E-state index contributed by atoms with van der Waals surface area (Å²) in [6.07, 6.45) is 2.79. The Balaban J connectivity index is 1.57. The van der Waals surface area contributed by atoms with Gasteiger partial charge in [-0.15, -0.1) is 0 Å². The quantitative estimate of drug-likeness (QED) is 0.394. The topological polar surface area (TPSA) is 92.5 Å². The first-order valence-corrected chi connectivity index (χ1v) is 10.3. The number of nitrogens with zero attached hydrogens (tertiary/aromatic N) is 3. The maximum Gasteiger partial charge on any atom is 0.416 e. The highest BCUT2D eigenvalue weighted by molar-refractivity contribution is 6.03. The molecule has 0 spiro atoms. The lowest BCUT2D eigenvalue weighted by Crippen LogP contribution is -2.49. The van der Waals surface area contributed by atoms with Crippen molar-refractivity contribution in [1.82, 2.24) is 19.9 Å². The van der Waals surface area contributed by atoms with E-state index in [0.717, 1.165) is 25.0 Å². The molecule has 166 valence electrons. The second kappa shape index (κ2) is 7.70. The number of aromatic amines is 1. The SMILES string of the molecule is N[C@@H]1CCCC(F)[C@@H]1Nc1ncc2cncc(-c3c[nH]c4cc(C(F)(F)F)ccc34)c2n1. The van der Waals surface area contributed by atoms with Crippen molar-refractivity contribution in [2.75, 3.05) is 5.32 Å². The number of hydrogen-bond acceptors (Lipinski definition) is 5. The lowest BCUT2D eigenvalue weighted by Gasteiger charge is -2.32. The monoisotopic (exact) mass is 444 g/mol. The average Bonchev–Trinajstić information content (AvgIpc) is 3.18. The summed E-state index contributed by atoms with van der Waals surface area (Å²) in [6.45, 7) is 0. The predicted molar refractivity (Wildman–Crippen MR) is 114 cm³/mol. The van der Waals surface area contributed by atoms with Gasteiger partial charge in [-0.25, -0.2) is 14.4 Å². The van der Waals surface area contributed by atoms with E-state index in [9.17, 15) is 17.6 Å². The number of rotatable bonds is 3. The first-order valence-electron chi connectivity index (χ1n) is 10.3. The smallest absolute Gasteiger partial charge is 0.361 e. The molecule has 1 saturated carbocycles. The molecule has 1 unspecified atom stereocenters. The van der Waals surface area contributed by atoms with E-state index in [1.165, 1.54) is 6.07 Å². The van der Waals surface area contributed by atoms with Crippen molar-refractivity contribution < 1.29 is 17.6 Å². The number of anilines is 1. The van der Waals surface area contributed by atoms with E-state index in [-0.39, 0.29) is 12.0 Å². The number of hydrogen-bond donors (Lipinski definition) is 3. The van der Waals surface area contributed by atoms with Crippen LogP contribution in [0.15, 0.2) is 43.0 Å². The van der Waals surface area contributed by atoms with Crippen LogP contribution in [-0.2, 0) is 6.18 Å². The Morgan fingerprint density at radius 3 is 2.72 bits per heavy atom. The summed E-state index contributed by atoms with van der Waals surface area (Å²) in [6, 6.07) is 2.63. The van der Waals surface area contributed by atoms with Gasteiger partial charge < -0.3 is 16.0 Å². The molecule has 10 heteroatoms. The number of nitrogens with one attached hydrogen (secondary N) is 2. The second-order valence-corrected chi connectivity index (χ2v) is 8.06. The van der Waals surface area contributed by atoms with Gasteiger partial charge in [0.05, 0.1) is 17.1 Å². The van der Waals surface area contributed by atoms with Gasteiger partial charge in [0.1, 0.15) is 6.17 Å². The van der Waals surface area contributed by atoms with E-state index in [1.54, 1.807) is 24.8 Å². The summed E-state index contributed by atoms with van der Waals surface area (Å²) in [4.78, 5) is 16.0. The average molecular weight is 444 g/mol. The van der Waals surface area contributed by atoms with Gasteiger partial charge in [-0.2, -0.15) is 13.2 Å². The molecule has 3 aromatic heterocycles. The third-order valence-corrected chi connectivity index (χ3v) is 5.95. The largest absolute Gasteiger partial charge is 0.416 e. The zero-order valence-corrected chi connectivity index (χ0v) is 16.8. The van der Waals surface area contributed by atoms with Crippen molar-refractivity contribution in [3.8, 4) is 11.1 Å². The minimum Gasteiger partial charge on any atom is -0.361 e. The number of halogens is 4. The molecule has 1 aliphatic carbocycles. The maximum absolute atomic E-state index is 14.4. The fourth-order valence-electron chi connectivity index (χ4n) is 4.27. The number of fused-ring (bicyclic) bond motifs is 2. The Morgan fingerprint density at radius 1 is 1.09 bits per heavy atom. The number of pyridine rings is 1. The minimum absolute atomic E-state index is 0.245. The lowest BCUT2D eigenvalue weighted by molar-refractivity contribution is -0.137. The third-order valence-electron chi connectivity index (χ3n) is 5.95. The summed E-state index contributed by atoms with van der Waals surface area (Å²) in [5.74, 6) is 0.245. The highest BCUT2D eigenvalue weighted by atomic mass is 19.4. The third kappa shape index (κ3) is 3.64. The Hall–Kier alpha value is -3.27. The van der Waals surface area contributed by atoms with Crippen LogP contribution in [0.2, 0.25) is 0 Å². The number of aromatic nitrogens is 4. The van der Waals surface area contributed by atoms with Gasteiger partial charge >= 0.3 is 6.18 Å². The zero-order valence-electron chi connectivity index (χ0n) is 16.8. The fourth-order valence-corrected chi connectivity index (χ4v) is 4.27. The van der Waals surface area contributed by atoms with Crippen molar-refractivity contribution in [2.45, 2.75) is 43.7 Å². The van der Waals surface area contributed by atoms with Crippen LogP contribution in [0.25, 0.3) is 32.9 Å². The molecule has 3 heterocycles. The zero-order chi connectivity index (χ0) is 22.5. The van der Waals surface area contributed by atoms with E-state index in [1.807, 2.05) is 0 Å². The van der Waals surface area contributed by atoms with Crippen LogP contribution in [-0.4, -0.2) is 38.2 Å². The van der Waals surface area contributed by atoms with Crippen LogP contribution in [0, 0.1) is 0 Å². The van der Waals surface area contributed by atoms with Crippen molar-refractivity contribution in [2.24, 2.45) is 5.73 Å². The molecule has 4 N–H and O–H groups in total. The number of nitrogens with two attached hydrogens (primary N) is 1. The molecule has 3 atom stereocenters. The highest BCUT2D eigenvalue weighted by Gasteiger charge is 2.32. The van der Waals surface area contributed by atoms with Gasteiger partial charge in [0, 0.05) is 58.2 Å². The van der Waals surface area contributed by atoms with Crippen molar-refractivity contribution in [1.29, 1.82) is 0 Å². The molecule has 0 bridgehead atoms. The van der Waals surface area contributed by atoms with E-state index >= 15 is 0 Å². The van der Waals surface area contributed by atoms with Crippen LogP contribution in [0.5, 0.6) is 0 Å². The molecular weight excluding hydrogens is 424 g/mol. The summed E-state index contributed by atoms with van der Waals surface area (Å²) in [5, 5.41) is 4.29. The van der Waals surface area contributed by atoms with Gasteiger partial charge in [-0.05, 0) is 31.4 Å². The van der Waals surface area contributed by atoms with Gasteiger partial charge in [-0.1, -0.05) is 6.07 Å². The van der Waals surface area contributed by atoms with Crippen molar-refractivity contribution in [3.63, 3.8) is 0 Å². The Morgan fingerprint density at radius 2 is 1.94 bits per heavy atom. The molecule has 4 aromatic rings. The summed E-state index contributed by atoms with van der Waals surface area (Å²) in [5.41, 5.74) is 7.56. The molecule has 0 radical (unpaired) electrons. The Kier molecular flexibility index (Phi) is 4.96. The van der Waals surface area contributed by atoms with E-state index in [0.29, 0.717) is 39.4 Å². The van der Waals surface area contributed by atoms with Crippen LogP contribution < -0.4 is 11.1 Å². The van der Waals surface area contributed by atoms with Crippen LogP contribution >= 0.6 is 0 Å². The first kappa shape index (κ1) is 20.6. The normalized spacial score (nSPS) is 21.8. The van der Waals surface area contributed by atoms with Crippen molar-refractivity contribution >= 4 is 27.8 Å². The molecule has 0 aliphatic heterocycles. The molecule has 1 aliphatic rings.